The lowest BCUT2D eigenvalue weighted by atomic mass is 9.94. The Bertz CT molecular complexity index is 404. The monoisotopic (exact) mass is 246 g/mol. The lowest BCUT2D eigenvalue weighted by Gasteiger charge is -2.24. The first kappa shape index (κ1) is 11.9. The molecule has 1 aromatic rings. The van der Waals surface area contributed by atoms with Crippen LogP contribution in [0.1, 0.15) is 38.3 Å². The van der Waals surface area contributed by atoms with Gasteiger partial charge in [-0.2, -0.15) is 0 Å². The third-order valence-electron chi connectivity index (χ3n) is 4.19. The molecule has 2 fully saturated rings. The van der Waals surface area contributed by atoms with E-state index in [0.717, 1.165) is 30.5 Å². The zero-order chi connectivity index (χ0) is 12.5. The zero-order valence-corrected chi connectivity index (χ0v) is 11.3. The summed E-state index contributed by atoms with van der Waals surface area (Å²) in [5.74, 6) is 2.37. The predicted octanol–water partition coefficient (Wildman–Crippen LogP) is 1.79. The molecular weight excluding hydrogens is 224 g/mol. The van der Waals surface area contributed by atoms with Crippen molar-refractivity contribution in [3.63, 3.8) is 0 Å². The van der Waals surface area contributed by atoms with Crippen molar-refractivity contribution >= 4 is 5.82 Å². The number of fused-ring (bicyclic) bond motifs is 1. The third-order valence-corrected chi connectivity index (χ3v) is 4.19. The number of anilines is 1. The van der Waals surface area contributed by atoms with E-state index in [-0.39, 0.29) is 0 Å². The van der Waals surface area contributed by atoms with Crippen LogP contribution in [0.15, 0.2) is 12.4 Å². The molecule has 0 amide bonds. The highest BCUT2D eigenvalue weighted by atomic mass is 15.2. The molecule has 0 bridgehead atoms. The molecule has 2 saturated heterocycles. The molecule has 2 atom stereocenters. The van der Waals surface area contributed by atoms with Gasteiger partial charge in [-0.25, -0.2) is 9.97 Å². The summed E-state index contributed by atoms with van der Waals surface area (Å²) in [6.07, 6.45) is 4.38. The van der Waals surface area contributed by atoms with Crippen LogP contribution >= 0.6 is 0 Å². The summed E-state index contributed by atoms with van der Waals surface area (Å²) in [7, 11) is 0. The van der Waals surface area contributed by atoms with Crippen LogP contribution in [0.3, 0.4) is 0 Å². The maximum absolute atomic E-state index is 4.45. The van der Waals surface area contributed by atoms with Crippen LogP contribution in [0.2, 0.25) is 0 Å². The zero-order valence-electron chi connectivity index (χ0n) is 11.3. The summed E-state index contributed by atoms with van der Waals surface area (Å²) in [6.45, 7) is 7.77. The quantitative estimate of drug-likeness (QED) is 0.864. The van der Waals surface area contributed by atoms with E-state index in [1.807, 2.05) is 0 Å². The van der Waals surface area contributed by atoms with Gasteiger partial charge in [-0.15, -0.1) is 0 Å². The molecule has 2 aliphatic rings. The lowest BCUT2D eigenvalue weighted by Crippen LogP contribution is -2.40. The van der Waals surface area contributed by atoms with Gasteiger partial charge in [-0.1, -0.05) is 13.8 Å². The van der Waals surface area contributed by atoms with E-state index in [0.29, 0.717) is 12.0 Å². The molecule has 4 nitrogen and oxygen atoms in total. The minimum atomic E-state index is 0.467. The third kappa shape index (κ3) is 2.21. The van der Waals surface area contributed by atoms with Crippen molar-refractivity contribution in [3.05, 3.63) is 18.1 Å². The molecule has 0 aromatic carbocycles. The Kier molecular flexibility index (Phi) is 3.20. The SMILES string of the molecule is CC(C)c1cc(N2C[C@@H]3CCCN[C@@H]3C2)ncn1. The fourth-order valence-electron chi connectivity index (χ4n) is 3.08. The van der Waals surface area contributed by atoms with Gasteiger partial charge in [-0.3, -0.25) is 0 Å². The number of hydrogen-bond acceptors (Lipinski definition) is 4. The van der Waals surface area contributed by atoms with Crippen LogP contribution in [-0.4, -0.2) is 35.6 Å². The minimum absolute atomic E-state index is 0.467. The van der Waals surface area contributed by atoms with Crippen LogP contribution < -0.4 is 10.2 Å². The first-order valence-electron chi connectivity index (χ1n) is 7.04. The number of aromatic nitrogens is 2. The second kappa shape index (κ2) is 4.84. The Labute approximate surface area is 109 Å². The second-order valence-electron chi connectivity index (χ2n) is 5.82. The van der Waals surface area contributed by atoms with Gasteiger partial charge in [0.1, 0.15) is 12.1 Å². The Hall–Kier alpha value is -1.16. The number of piperidine rings is 1. The molecule has 0 saturated carbocycles. The fraction of sp³-hybridized carbons (Fsp3) is 0.714. The van der Waals surface area contributed by atoms with Crippen molar-refractivity contribution in [2.24, 2.45) is 5.92 Å². The Morgan fingerprint density at radius 2 is 2.22 bits per heavy atom. The topological polar surface area (TPSA) is 41.0 Å². The number of rotatable bonds is 2. The summed E-state index contributed by atoms with van der Waals surface area (Å²) in [4.78, 5) is 11.2. The average molecular weight is 246 g/mol. The van der Waals surface area contributed by atoms with Gasteiger partial charge in [0.15, 0.2) is 0 Å². The van der Waals surface area contributed by atoms with Gasteiger partial charge in [0.05, 0.1) is 0 Å². The van der Waals surface area contributed by atoms with Crippen LogP contribution in [0.4, 0.5) is 5.82 Å². The smallest absolute Gasteiger partial charge is 0.132 e. The molecule has 1 aromatic heterocycles. The molecule has 18 heavy (non-hydrogen) atoms. The maximum atomic E-state index is 4.45. The molecule has 0 aliphatic carbocycles. The van der Waals surface area contributed by atoms with Crippen molar-refractivity contribution in [2.75, 3.05) is 24.5 Å². The molecule has 0 unspecified atom stereocenters. The van der Waals surface area contributed by atoms with Crippen molar-refractivity contribution in [1.29, 1.82) is 0 Å². The molecule has 2 aliphatic heterocycles. The lowest BCUT2D eigenvalue weighted by molar-refractivity contribution is 0.340. The predicted molar refractivity (Wildman–Crippen MR) is 72.8 cm³/mol. The van der Waals surface area contributed by atoms with Crippen molar-refractivity contribution in [3.8, 4) is 0 Å². The van der Waals surface area contributed by atoms with Gasteiger partial charge in [0.25, 0.3) is 0 Å². The van der Waals surface area contributed by atoms with Gasteiger partial charge in [0, 0.05) is 30.9 Å². The molecule has 3 heterocycles. The second-order valence-corrected chi connectivity index (χ2v) is 5.82. The van der Waals surface area contributed by atoms with Crippen molar-refractivity contribution in [1.82, 2.24) is 15.3 Å². The number of nitrogens with zero attached hydrogens (tertiary/aromatic N) is 3. The van der Waals surface area contributed by atoms with Gasteiger partial charge in [-0.05, 0) is 31.2 Å². The standard InChI is InChI=1S/C14H22N4/c1-10(2)12-6-14(17-9-16-12)18-7-11-4-3-5-15-13(11)8-18/h6,9-11,13,15H,3-5,7-8H2,1-2H3/t11-,13+/m0/s1. The molecule has 98 valence electrons. The van der Waals surface area contributed by atoms with E-state index in [9.17, 15) is 0 Å². The molecule has 0 radical (unpaired) electrons. The first-order chi connectivity index (χ1) is 8.74. The fourth-order valence-corrected chi connectivity index (χ4v) is 3.08. The average Bonchev–Trinajstić information content (AvgIpc) is 2.82. The highest BCUT2D eigenvalue weighted by Crippen LogP contribution is 2.28. The Balaban J connectivity index is 1.77. The van der Waals surface area contributed by atoms with E-state index >= 15 is 0 Å². The molecular formula is C14H22N4. The van der Waals surface area contributed by atoms with E-state index in [1.165, 1.54) is 19.4 Å². The molecule has 0 spiro atoms. The van der Waals surface area contributed by atoms with Crippen LogP contribution in [-0.2, 0) is 0 Å². The summed E-state index contributed by atoms with van der Waals surface area (Å²) < 4.78 is 0. The van der Waals surface area contributed by atoms with E-state index in [4.69, 9.17) is 0 Å². The van der Waals surface area contributed by atoms with E-state index in [1.54, 1.807) is 6.33 Å². The maximum Gasteiger partial charge on any atom is 0.132 e. The van der Waals surface area contributed by atoms with Gasteiger partial charge < -0.3 is 10.2 Å². The summed E-state index contributed by atoms with van der Waals surface area (Å²) in [5, 5.41) is 3.63. The number of hydrogen-bond donors (Lipinski definition) is 1. The minimum Gasteiger partial charge on any atom is -0.355 e. The van der Waals surface area contributed by atoms with E-state index in [2.05, 4.69) is 40.1 Å². The van der Waals surface area contributed by atoms with Crippen LogP contribution in [0.5, 0.6) is 0 Å². The van der Waals surface area contributed by atoms with Crippen LogP contribution in [0.25, 0.3) is 0 Å². The van der Waals surface area contributed by atoms with Crippen molar-refractivity contribution < 1.29 is 0 Å². The van der Waals surface area contributed by atoms with Gasteiger partial charge >= 0.3 is 0 Å². The highest BCUT2D eigenvalue weighted by Gasteiger charge is 2.34. The summed E-state index contributed by atoms with van der Waals surface area (Å²) >= 11 is 0. The van der Waals surface area contributed by atoms with Gasteiger partial charge in [0.2, 0.25) is 0 Å². The summed E-state index contributed by atoms with van der Waals surface area (Å²) in [5.41, 5.74) is 1.14. The number of nitrogens with one attached hydrogen (secondary N) is 1. The first-order valence-corrected chi connectivity index (χ1v) is 7.04. The molecule has 3 rings (SSSR count). The van der Waals surface area contributed by atoms with E-state index < -0.39 is 0 Å². The largest absolute Gasteiger partial charge is 0.355 e. The van der Waals surface area contributed by atoms with Crippen molar-refractivity contribution in [2.45, 2.75) is 38.6 Å². The Morgan fingerprint density at radius 1 is 1.33 bits per heavy atom. The normalized spacial score (nSPS) is 27.6. The summed E-state index contributed by atoms with van der Waals surface area (Å²) in [6, 6.07) is 2.82. The molecule has 1 N–H and O–H groups in total. The Morgan fingerprint density at radius 3 is 3.00 bits per heavy atom. The highest BCUT2D eigenvalue weighted by molar-refractivity contribution is 5.41. The van der Waals surface area contributed by atoms with Crippen LogP contribution in [0, 0.1) is 5.92 Å². The molecule has 4 heteroatoms.